The van der Waals surface area contributed by atoms with E-state index in [4.69, 9.17) is 5.11 Å². The number of aromatic hydroxyl groups is 1. The Morgan fingerprint density at radius 3 is 2.33 bits per heavy atom. The number of anilines is 2. The summed E-state index contributed by atoms with van der Waals surface area (Å²) in [6.45, 7) is 1.97. The van der Waals surface area contributed by atoms with Crippen molar-refractivity contribution in [3.05, 3.63) is 77.9 Å². The molecular weight excluding hydrogens is 366 g/mol. The van der Waals surface area contributed by atoms with Crippen LogP contribution in [-0.2, 0) is 11.3 Å². The summed E-state index contributed by atoms with van der Waals surface area (Å²) < 4.78 is 24.7. The molecule has 6 nitrogen and oxygen atoms in total. The monoisotopic (exact) mass is 382 g/mol. The quantitative estimate of drug-likeness (QED) is 0.650. The number of hydrogen-bond donors (Lipinski definition) is 2. The highest BCUT2D eigenvalue weighted by Crippen LogP contribution is 2.34. The summed E-state index contributed by atoms with van der Waals surface area (Å²) in [5.74, 6) is -1.80. The van der Waals surface area contributed by atoms with Gasteiger partial charge in [0.15, 0.2) is 0 Å². The van der Waals surface area contributed by atoms with Crippen molar-refractivity contribution in [2.24, 2.45) is 0 Å². The zero-order valence-corrected chi connectivity index (χ0v) is 15.1. The fraction of sp³-hybridized carbons (Fsp3) is 0.0500. The smallest absolute Gasteiger partial charge is 0.339 e. The van der Waals surface area contributed by atoms with Gasteiger partial charge in [-0.1, -0.05) is 36.4 Å². The van der Waals surface area contributed by atoms with Crippen molar-refractivity contribution in [2.45, 2.75) is 6.92 Å². The maximum absolute atomic E-state index is 11.9. The van der Waals surface area contributed by atoms with E-state index in [2.05, 4.69) is 0 Å². The van der Waals surface area contributed by atoms with Crippen LogP contribution < -0.4 is 4.31 Å². The van der Waals surface area contributed by atoms with Crippen LogP contribution in [0.5, 0.6) is 5.75 Å². The molecule has 0 saturated heterocycles. The molecule has 3 aromatic rings. The minimum absolute atomic E-state index is 0.132. The van der Waals surface area contributed by atoms with Crippen LogP contribution in [0.15, 0.2) is 66.7 Å². The average Bonchev–Trinajstić information content (AvgIpc) is 2.62. The second kappa shape index (κ2) is 7.61. The van der Waals surface area contributed by atoms with Crippen molar-refractivity contribution < 1.29 is 23.8 Å². The molecule has 0 saturated carbocycles. The highest BCUT2D eigenvalue weighted by Gasteiger charge is 2.16. The molecule has 138 valence electrons. The van der Waals surface area contributed by atoms with E-state index in [0.717, 1.165) is 33.1 Å². The molecule has 3 aromatic carbocycles. The van der Waals surface area contributed by atoms with Gasteiger partial charge in [-0.3, -0.25) is 8.51 Å². The van der Waals surface area contributed by atoms with Crippen LogP contribution in [0.2, 0.25) is 0 Å². The molecule has 2 N–H and O–H groups in total. The van der Waals surface area contributed by atoms with E-state index in [1.807, 2.05) is 37.3 Å². The number of rotatable bonds is 5. The van der Waals surface area contributed by atoms with Crippen molar-refractivity contribution in [2.75, 3.05) is 4.31 Å². The Morgan fingerprint density at radius 2 is 1.70 bits per heavy atom. The summed E-state index contributed by atoms with van der Waals surface area (Å²) in [7, 11) is 0. The first-order valence-electron chi connectivity index (χ1n) is 8.00. The fourth-order valence-corrected chi connectivity index (χ4v) is 3.42. The third-order valence-corrected chi connectivity index (χ3v) is 4.85. The first-order chi connectivity index (χ1) is 12.9. The van der Waals surface area contributed by atoms with E-state index in [-0.39, 0.29) is 11.3 Å². The minimum Gasteiger partial charge on any atom is -0.755 e. The number of carboxylic acids is 1. The number of carbonyl (C=O) groups is 1. The zero-order chi connectivity index (χ0) is 19.6. The molecule has 1 atom stereocenters. The van der Waals surface area contributed by atoms with Crippen LogP contribution in [0.3, 0.4) is 0 Å². The van der Waals surface area contributed by atoms with Crippen LogP contribution in [0.4, 0.5) is 11.4 Å². The molecule has 0 aliphatic carbocycles. The molecule has 27 heavy (non-hydrogen) atoms. The highest BCUT2D eigenvalue weighted by molar-refractivity contribution is 7.81. The fourth-order valence-electron chi connectivity index (χ4n) is 2.84. The summed E-state index contributed by atoms with van der Waals surface area (Å²) in [5, 5.41) is 18.9. The molecule has 0 aromatic heterocycles. The number of nitrogens with zero attached hydrogens (tertiary/aromatic N) is 1. The Balaban J connectivity index is 2.08. The number of aryl methyl sites for hydroxylation is 1. The Hall–Kier alpha value is -3.16. The molecule has 0 heterocycles. The molecular formula is C20H16NO5S-. The summed E-state index contributed by atoms with van der Waals surface area (Å²) in [6, 6.07) is 18.3. The Morgan fingerprint density at radius 1 is 1.00 bits per heavy atom. The van der Waals surface area contributed by atoms with Gasteiger partial charge in [-0.2, -0.15) is 0 Å². The predicted octanol–water partition coefficient (Wildman–Crippen LogP) is 4.00. The summed E-state index contributed by atoms with van der Waals surface area (Å²) in [6.07, 6.45) is 0. The summed E-state index contributed by atoms with van der Waals surface area (Å²) in [4.78, 5) is 11.0. The van der Waals surface area contributed by atoms with Gasteiger partial charge in [0.1, 0.15) is 11.3 Å². The van der Waals surface area contributed by atoms with Crippen molar-refractivity contribution in [3.8, 4) is 16.9 Å². The maximum Gasteiger partial charge on any atom is 0.339 e. The predicted molar refractivity (Wildman–Crippen MR) is 103 cm³/mol. The van der Waals surface area contributed by atoms with E-state index in [0.29, 0.717) is 5.69 Å². The maximum atomic E-state index is 11.9. The van der Waals surface area contributed by atoms with Crippen LogP contribution in [0, 0.1) is 6.92 Å². The Bertz CT molecular complexity index is 1030. The normalized spacial score (nSPS) is 11.8. The van der Waals surface area contributed by atoms with E-state index in [9.17, 15) is 18.7 Å². The number of benzene rings is 3. The molecule has 0 amide bonds. The summed E-state index contributed by atoms with van der Waals surface area (Å²) in [5.41, 5.74) is 3.06. The van der Waals surface area contributed by atoms with E-state index in [1.54, 1.807) is 18.2 Å². The topological polar surface area (TPSA) is 101 Å². The van der Waals surface area contributed by atoms with Gasteiger partial charge in [-0.15, -0.1) is 0 Å². The number of aromatic carboxylic acids is 1. The first-order valence-corrected chi connectivity index (χ1v) is 9.03. The van der Waals surface area contributed by atoms with Crippen molar-refractivity contribution >= 4 is 28.6 Å². The molecule has 3 rings (SSSR count). The number of phenols is 1. The van der Waals surface area contributed by atoms with Crippen molar-refractivity contribution in [3.63, 3.8) is 0 Å². The molecule has 0 aliphatic rings. The highest BCUT2D eigenvalue weighted by atomic mass is 32.2. The molecule has 0 spiro atoms. The number of hydrogen-bond acceptors (Lipinski definition) is 4. The first kappa shape index (κ1) is 18.6. The van der Waals surface area contributed by atoms with Gasteiger partial charge in [0.2, 0.25) is 0 Å². The lowest BCUT2D eigenvalue weighted by Crippen LogP contribution is -2.19. The van der Waals surface area contributed by atoms with E-state index in [1.165, 1.54) is 6.07 Å². The average molecular weight is 382 g/mol. The van der Waals surface area contributed by atoms with Crippen LogP contribution in [-0.4, -0.2) is 24.9 Å². The van der Waals surface area contributed by atoms with Gasteiger partial charge in [-0.25, -0.2) is 4.79 Å². The lowest BCUT2D eigenvalue weighted by Gasteiger charge is -2.27. The summed E-state index contributed by atoms with van der Waals surface area (Å²) >= 11 is -2.68. The Labute approximate surface area is 158 Å². The number of carboxylic acid groups (broad SMARTS) is 1. The third kappa shape index (κ3) is 3.84. The second-order valence-electron chi connectivity index (χ2n) is 5.88. The Kier molecular flexibility index (Phi) is 5.25. The van der Waals surface area contributed by atoms with Crippen LogP contribution in [0.1, 0.15) is 15.9 Å². The lowest BCUT2D eigenvalue weighted by molar-refractivity contribution is 0.0694. The van der Waals surface area contributed by atoms with E-state index < -0.39 is 23.0 Å². The molecule has 7 heteroatoms. The SMILES string of the molecule is Cc1ccccc1-c1cccc(N(c2ccc(C(=O)O)c(O)c2)S(=O)[O-])c1. The van der Waals surface area contributed by atoms with Gasteiger partial charge >= 0.3 is 5.97 Å². The van der Waals surface area contributed by atoms with Gasteiger partial charge in [0.25, 0.3) is 0 Å². The third-order valence-electron chi connectivity index (χ3n) is 4.13. The largest absolute Gasteiger partial charge is 0.755 e. The van der Waals surface area contributed by atoms with Gasteiger partial charge in [-0.05, 0) is 47.9 Å². The molecule has 0 fully saturated rings. The van der Waals surface area contributed by atoms with Crippen LogP contribution >= 0.6 is 0 Å². The van der Waals surface area contributed by atoms with Crippen molar-refractivity contribution in [1.29, 1.82) is 0 Å². The van der Waals surface area contributed by atoms with Gasteiger partial charge in [0, 0.05) is 6.07 Å². The molecule has 0 radical (unpaired) electrons. The van der Waals surface area contributed by atoms with E-state index >= 15 is 0 Å². The van der Waals surface area contributed by atoms with Gasteiger partial charge < -0.3 is 14.8 Å². The van der Waals surface area contributed by atoms with Gasteiger partial charge in [0.05, 0.1) is 22.6 Å². The molecule has 0 bridgehead atoms. The van der Waals surface area contributed by atoms with Crippen LogP contribution in [0.25, 0.3) is 11.1 Å². The van der Waals surface area contributed by atoms with Crippen molar-refractivity contribution in [1.82, 2.24) is 0 Å². The second-order valence-corrected chi connectivity index (χ2v) is 6.68. The zero-order valence-electron chi connectivity index (χ0n) is 14.3. The molecule has 1 unspecified atom stereocenters. The standard InChI is InChI=1S/C20H17NO5S/c1-13-5-2-3-8-17(13)14-6-4-7-15(11-14)21(27(25)26)16-9-10-18(20(23)24)19(22)12-16/h2-12,22H,1H3,(H,23,24)(H,25,26)/p-1. The molecule has 0 aliphatic heterocycles. The lowest BCUT2D eigenvalue weighted by atomic mass is 10.0. The minimum atomic E-state index is -2.68.